The molecule has 1 aliphatic heterocycles. The number of aromatic nitrogens is 2. The average Bonchev–Trinajstić information content (AvgIpc) is 2.86. The van der Waals surface area contributed by atoms with Crippen LogP contribution >= 0.6 is 0 Å². The second-order valence-corrected chi connectivity index (χ2v) is 6.28. The van der Waals surface area contributed by atoms with Crippen molar-refractivity contribution >= 4 is 5.91 Å². The molecule has 1 aromatic heterocycles. The fourth-order valence-corrected chi connectivity index (χ4v) is 3.02. The SMILES string of the molecule is CCc1nn(C)cc1C(=O)N(CC1CCCNC1)C(C)C. The van der Waals surface area contributed by atoms with Crippen molar-refractivity contribution in [3.8, 4) is 0 Å². The first-order chi connectivity index (χ1) is 10.0. The Labute approximate surface area is 127 Å². The van der Waals surface area contributed by atoms with Crippen molar-refractivity contribution < 1.29 is 4.79 Å². The van der Waals surface area contributed by atoms with E-state index in [0.29, 0.717) is 5.92 Å². The van der Waals surface area contributed by atoms with E-state index in [1.165, 1.54) is 12.8 Å². The van der Waals surface area contributed by atoms with Crippen LogP contribution < -0.4 is 5.32 Å². The molecule has 5 heteroatoms. The van der Waals surface area contributed by atoms with Gasteiger partial charge in [0, 0.05) is 25.8 Å². The van der Waals surface area contributed by atoms with E-state index in [-0.39, 0.29) is 11.9 Å². The summed E-state index contributed by atoms with van der Waals surface area (Å²) < 4.78 is 1.74. The lowest BCUT2D eigenvalue weighted by atomic mass is 9.98. The van der Waals surface area contributed by atoms with Crippen molar-refractivity contribution in [2.75, 3.05) is 19.6 Å². The summed E-state index contributed by atoms with van der Waals surface area (Å²) in [7, 11) is 1.88. The number of piperidine rings is 1. The smallest absolute Gasteiger partial charge is 0.257 e. The molecular weight excluding hydrogens is 264 g/mol. The Balaban J connectivity index is 2.14. The highest BCUT2D eigenvalue weighted by Gasteiger charge is 2.26. The van der Waals surface area contributed by atoms with Gasteiger partial charge in [-0.15, -0.1) is 0 Å². The average molecular weight is 292 g/mol. The molecule has 0 bridgehead atoms. The summed E-state index contributed by atoms with van der Waals surface area (Å²) in [4.78, 5) is 14.9. The Kier molecular flexibility index (Phi) is 5.39. The minimum atomic E-state index is 0.125. The molecule has 0 radical (unpaired) electrons. The van der Waals surface area contributed by atoms with E-state index in [9.17, 15) is 4.79 Å². The molecule has 1 N–H and O–H groups in total. The molecule has 1 aliphatic rings. The first-order valence-corrected chi connectivity index (χ1v) is 8.07. The predicted octanol–water partition coefficient (Wildman–Crippen LogP) is 1.83. The molecule has 1 saturated heterocycles. The van der Waals surface area contributed by atoms with Crippen LogP contribution in [0.4, 0.5) is 0 Å². The third kappa shape index (κ3) is 3.84. The van der Waals surface area contributed by atoms with Crippen molar-refractivity contribution in [2.45, 2.75) is 46.1 Å². The maximum Gasteiger partial charge on any atom is 0.257 e. The van der Waals surface area contributed by atoms with Crippen LogP contribution in [0.15, 0.2) is 6.20 Å². The van der Waals surface area contributed by atoms with Crippen LogP contribution in [0.2, 0.25) is 0 Å². The van der Waals surface area contributed by atoms with Gasteiger partial charge >= 0.3 is 0 Å². The Bertz CT molecular complexity index is 475. The van der Waals surface area contributed by atoms with Gasteiger partial charge in [0.05, 0.1) is 11.3 Å². The third-order valence-corrected chi connectivity index (χ3v) is 4.21. The monoisotopic (exact) mass is 292 g/mol. The van der Waals surface area contributed by atoms with Crippen molar-refractivity contribution in [1.29, 1.82) is 0 Å². The lowest BCUT2D eigenvalue weighted by Crippen LogP contribution is -2.44. The predicted molar refractivity (Wildman–Crippen MR) is 84.4 cm³/mol. The van der Waals surface area contributed by atoms with E-state index >= 15 is 0 Å². The topological polar surface area (TPSA) is 50.2 Å². The molecule has 0 aromatic carbocycles. The van der Waals surface area contributed by atoms with Crippen LogP contribution in [0.25, 0.3) is 0 Å². The number of aryl methyl sites for hydroxylation is 2. The number of carbonyl (C=O) groups excluding carboxylic acids is 1. The largest absolute Gasteiger partial charge is 0.336 e. The quantitative estimate of drug-likeness (QED) is 0.901. The van der Waals surface area contributed by atoms with E-state index in [2.05, 4.69) is 24.3 Å². The molecule has 1 aromatic rings. The van der Waals surface area contributed by atoms with Crippen LogP contribution in [0.3, 0.4) is 0 Å². The Morgan fingerprint density at radius 1 is 1.57 bits per heavy atom. The summed E-state index contributed by atoms with van der Waals surface area (Å²) in [5.74, 6) is 0.687. The van der Waals surface area contributed by atoms with Crippen LogP contribution in [0.5, 0.6) is 0 Å². The second-order valence-electron chi connectivity index (χ2n) is 6.28. The molecule has 118 valence electrons. The van der Waals surface area contributed by atoms with Gasteiger partial charge in [-0.05, 0) is 52.1 Å². The normalized spacial score (nSPS) is 19.0. The van der Waals surface area contributed by atoms with Crippen molar-refractivity contribution in [3.63, 3.8) is 0 Å². The summed E-state index contributed by atoms with van der Waals surface area (Å²) in [6.07, 6.45) is 5.06. The summed E-state index contributed by atoms with van der Waals surface area (Å²) in [5, 5.41) is 7.83. The minimum Gasteiger partial charge on any atom is -0.336 e. The van der Waals surface area contributed by atoms with E-state index in [4.69, 9.17) is 0 Å². The Morgan fingerprint density at radius 3 is 2.90 bits per heavy atom. The molecule has 0 aliphatic carbocycles. The van der Waals surface area contributed by atoms with Crippen molar-refractivity contribution in [1.82, 2.24) is 20.0 Å². The van der Waals surface area contributed by atoms with Gasteiger partial charge in [0.2, 0.25) is 0 Å². The number of hydrogen-bond acceptors (Lipinski definition) is 3. The maximum atomic E-state index is 12.9. The zero-order valence-corrected chi connectivity index (χ0v) is 13.7. The van der Waals surface area contributed by atoms with Gasteiger partial charge in [-0.2, -0.15) is 5.10 Å². The highest BCUT2D eigenvalue weighted by Crippen LogP contribution is 2.18. The molecule has 1 atom stereocenters. The van der Waals surface area contributed by atoms with Crippen LogP contribution in [0.1, 0.15) is 49.7 Å². The summed E-state index contributed by atoms with van der Waals surface area (Å²) in [5.41, 5.74) is 1.66. The zero-order valence-electron chi connectivity index (χ0n) is 13.7. The fraction of sp³-hybridized carbons (Fsp3) is 0.750. The summed E-state index contributed by atoms with van der Waals surface area (Å²) in [6, 6.07) is 0.212. The fourth-order valence-electron chi connectivity index (χ4n) is 3.02. The summed E-state index contributed by atoms with van der Waals surface area (Å²) in [6.45, 7) is 9.19. The van der Waals surface area contributed by atoms with E-state index in [0.717, 1.165) is 37.3 Å². The van der Waals surface area contributed by atoms with Crippen LogP contribution in [-0.4, -0.2) is 46.3 Å². The lowest BCUT2D eigenvalue weighted by Gasteiger charge is -2.33. The van der Waals surface area contributed by atoms with Gasteiger partial charge in [-0.1, -0.05) is 6.92 Å². The van der Waals surface area contributed by atoms with Gasteiger partial charge in [0.25, 0.3) is 5.91 Å². The van der Waals surface area contributed by atoms with Gasteiger partial charge < -0.3 is 10.2 Å². The summed E-state index contributed by atoms with van der Waals surface area (Å²) >= 11 is 0. The molecule has 1 unspecified atom stereocenters. The Hall–Kier alpha value is -1.36. The van der Waals surface area contributed by atoms with E-state index in [1.54, 1.807) is 4.68 Å². The molecular formula is C16H28N4O. The standard InChI is InChI=1S/C16H28N4O/c1-5-15-14(11-19(4)18-15)16(21)20(12(2)3)10-13-7-6-8-17-9-13/h11-13,17H,5-10H2,1-4H3. The van der Waals surface area contributed by atoms with Gasteiger partial charge in [-0.3, -0.25) is 9.48 Å². The first-order valence-electron chi connectivity index (χ1n) is 8.07. The van der Waals surface area contributed by atoms with Crippen molar-refractivity contribution in [3.05, 3.63) is 17.5 Å². The molecule has 2 heterocycles. The molecule has 0 saturated carbocycles. The number of amides is 1. The minimum absolute atomic E-state index is 0.125. The van der Waals surface area contributed by atoms with Crippen molar-refractivity contribution in [2.24, 2.45) is 13.0 Å². The van der Waals surface area contributed by atoms with Crippen LogP contribution in [-0.2, 0) is 13.5 Å². The van der Waals surface area contributed by atoms with E-state index in [1.807, 2.05) is 25.1 Å². The second kappa shape index (κ2) is 7.07. The first kappa shape index (κ1) is 16.0. The van der Waals surface area contributed by atoms with Gasteiger partial charge in [-0.25, -0.2) is 0 Å². The number of nitrogens with one attached hydrogen (secondary N) is 1. The third-order valence-electron chi connectivity index (χ3n) is 4.21. The number of carbonyl (C=O) groups is 1. The molecule has 0 spiro atoms. The number of rotatable bonds is 5. The highest BCUT2D eigenvalue weighted by atomic mass is 16.2. The Morgan fingerprint density at radius 2 is 2.33 bits per heavy atom. The maximum absolute atomic E-state index is 12.9. The highest BCUT2D eigenvalue weighted by molar-refractivity contribution is 5.95. The number of nitrogens with zero attached hydrogens (tertiary/aromatic N) is 3. The van der Waals surface area contributed by atoms with E-state index < -0.39 is 0 Å². The molecule has 1 fully saturated rings. The zero-order chi connectivity index (χ0) is 15.4. The van der Waals surface area contributed by atoms with Gasteiger partial charge in [0.15, 0.2) is 0 Å². The van der Waals surface area contributed by atoms with Gasteiger partial charge in [0.1, 0.15) is 0 Å². The molecule has 1 amide bonds. The lowest BCUT2D eigenvalue weighted by molar-refractivity contribution is 0.0659. The number of hydrogen-bond donors (Lipinski definition) is 1. The molecule has 21 heavy (non-hydrogen) atoms. The molecule has 2 rings (SSSR count). The van der Waals surface area contributed by atoms with Crippen LogP contribution in [0, 0.1) is 5.92 Å². The molecule has 5 nitrogen and oxygen atoms in total.